The molecular weight excluding hydrogens is 344 g/mol. The highest BCUT2D eigenvalue weighted by Gasteiger charge is 2.07. The summed E-state index contributed by atoms with van der Waals surface area (Å²) in [6.45, 7) is 0.381. The minimum atomic E-state index is -0.518. The Labute approximate surface area is 158 Å². The van der Waals surface area contributed by atoms with E-state index in [9.17, 15) is 14.4 Å². The highest BCUT2D eigenvalue weighted by atomic mass is 16.5. The van der Waals surface area contributed by atoms with Crippen LogP contribution in [0.2, 0.25) is 0 Å². The van der Waals surface area contributed by atoms with Gasteiger partial charge in [-0.05, 0) is 49.1 Å². The van der Waals surface area contributed by atoms with E-state index < -0.39 is 5.91 Å². The number of esters is 1. The summed E-state index contributed by atoms with van der Waals surface area (Å²) in [5.74, 6) is -1.00. The van der Waals surface area contributed by atoms with Crippen molar-refractivity contribution in [3.05, 3.63) is 65.7 Å². The van der Waals surface area contributed by atoms with Gasteiger partial charge in [-0.1, -0.05) is 30.3 Å². The molecule has 0 atom stereocenters. The number of rotatable bonds is 10. The van der Waals surface area contributed by atoms with Crippen molar-refractivity contribution in [1.82, 2.24) is 0 Å². The Morgan fingerprint density at radius 1 is 0.889 bits per heavy atom. The summed E-state index contributed by atoms with van der Waals surface area (Å²) in [6.07, 6.45) is 2.49. The van der Waals surface area contributed by atoms with Gasteiger partial charge in [0.1, 0.15) is 0 Å². The third-order valence-corrected chi connectivity index (χ3v) is 3.95. The van der Waals surface area contributed by atoms with Crippen molar-refractivity contribution in [3.63, 3.8) is 0 Å². The lowest BCUT2D eigenvalue weighted by Gasteiger charge is -2.07. The third kappa shape index (κ3) is 7.73. The Bertz CT molecular complexity index is 758. The summed E-state index contributed by atoms with van der Waals surface area (Å²) in [6, 6.07) is 16.3. The Hall–Kier alpha value is -3.15. The van der Waals surface area contributed by atoms with Crippen LogP contribution in [0.1, 0.15) is 41.6 Å². The SMILES string of the molecule is NC(=O)c1ccc(NC(=O)CCCC(=O)OCCCc2ccccc2)cc1. The van der Waals surface area contributed by atoms with E-state index >= 15 is 0 Å². The van der Waals surface area contributed by atoms with Gasteiger partial charge in [0.25, 0.3) is 0 Å². The van der Waals surface area contributed by atoms with Crippen molar-refractivity contribution < 1.29 is 19.1 Å². The average Bonchev–Trinajstić information content (AvgIpc) is 2.66. The van der Waals surface area contributed by atoms with Crippen molar-refractivity contribution in [2.24, 2.45) is 5.73 Å². The molecule has 0 saturated carbocycles. The number of carbonyl (C=O) groups is 3. The predicted octanol–water partition coefficient (Wildman–Crippen LogP) is 3.07. The van der Waals surface area contributed by atoms with Gasteiger partial charge in [0.2, 0.25) is 11.8 Å². The lowest BCUT2D eigenvalue weighted by Crippen LogP contribution is -2.14. The molecule has 3 N–H and O–H groups in total. The van der Waals surface area contributed by atoms with E-state index in [-0.39, 0.29) is 24.7 Å². The van der Waals surface area contributed by atoms with Gasteiger partial charge in [0, 0.05) is 24.1 Å². The molecule has 2 aromatic rings. The van der Waals surface area contributed by atoms with E-state index in [0.29, 0.717) is 24.3 Å². The van der Waals surface area contributed by atoms with E-state index in [1.54, 1.807) is 24.3 Å². The fraction of sp³-hybridized carbons (Fsp3) is 0.286. The van der Waals surface area contributed by atoms with Crippen LogP contribution in [0.15, 0.2) is 54.6 Å². The molecule has 0 aliphatic carbocycles. The minimum absolute atomic E-state index is 0.196. The summed E-state index contributed by atoms with van der Waals surface area (Å²) < 4.78 is 5.19. The molecule has 0 aliphatic rings. The Kier molecular flexibility index (Phi) is 8.03. The van der Waals surface area contributed by atoms with Gasteiger partial charge in [-0.2, -0.15) is 0 Å². The molecule has 0 unspecified atom stereocenters. The maximum absolute atomic E-state index is 11.9. The predicted molar refractivity (Wildman–Crippen MR) is 103 cm³/mol. The van der Waals surface area contributed by atoms with Crippen molar-refractivity contribution in [3.8, 4) is 0 Å². The molecule has 2 aromatic carbocycles. The molecule has 0 saturated heterocycles. The molecule has 142 valence electrons. The zero-order chi connectivity index (χ0) is 19.5. The van der Waals surface area contributed by atoms with Crippen LogP contribution in [0.3, 0.4) is 0 Å². The normalized spacial score (nSPS) is 10.2. The van der Waals surface area contributed by atoms with Crippen LogP contribution in [0.5, 0.6) is 0 Å². The van der Waals surface area contributed by atoms with Crippen LogP contribution in [-0.4, -0.2) is 24.4 Å². The van der Waals surface area contributed by atoms with E-state index in [2.05, 4.69) is 5.32 Å². The fourth-order valence-corrected chi connectivity index (χ4v) is 2.51. The number of hydrogen-bond acceptors (Lipinski definition) is 4. The van der Waals surface area contributed by atoms with E-state index in [1.807, 2.05) is 30.3 Å². The quantitative estimate of drug-likeness (QED) is 0.497. The second-order valence-electron chi connectivity index (χ2n) is 6.15. The number of amides is 2. The van der Waals surface area contributed by atoms with Gasteiger partial charge >= 0.3 is 5.97 Å². The van der Waals surface area contributed by atoms with Gasteiger partial charge < -0.3 is 15.8 Å². The molecule has 0 heterocycles. The van der Waals surface area contributed by atoms with Crippen LogP contribution < -0.4 is 11.1 Å². The van der Waals surface area contributed by atoms with E-state index in [1.165, 1.54) is 5.56 Å². The van der Waals surface area contributed by atoms with E-state index in [4.69, 9.17) is 10.5 Å². The molecule has 6 nitrogen and oxygen atoms in total. The molecule has 0 aliphatic heterocycles. The van der Waals surface area contributed by atoms with Crippen LogP contribution in [0, 0.1) is 0 Å². The zero-order valence-electron chi connectivity index (χ0n) is 15.1. The molecule has 2 rings (SSSR count). The number of anilines is 1. The van der Waals surface area contributed by atoms with E-state index in [0.717, 1.165) is 12.8 Å². The standard InChI is InChI=1S/C21H24N2O4/c22-21(26)17-11-13-18(14-12-17)23-19(24)9-4-10-20(25)27-15-5-8-16-6-2-1-3-7-16/h1-3,6-7,11-14H,4-5,8-10,15H2,(H2,22,26)(H,23,24). The summed E-state index contributed by atoms with van der Waals surface area (Å²) in [7, 11) is 0. The largest absolute Gasteiger partial charge is 0.466 e. The summed E-state index contributed by atoms with van der Waals surface area (Å²) in [5.41, 5.74) is 7.33. The van der Waals surface area contributed by atoms with Crippen LogP contribution in [0.4, 0.5) is 5.69 Å². The number of aryl methyl sites for hydroxylation is 1. The summed E-state index contributed by atoms with van der Waals surface area (Å²) >= 11 is 0. The highest BCUT2D eigenvalue weighted by molar-refractivity contribution is 5.94. The number of nitrogens with two attached hydrogens (primary N) is 1. The van der Waals surface area contributed by atoms with Crippen LogP contribution >= 0.6 is 0 Å². The number of hydrogen-bond donors (Lipinski definition) is 2. The zero-order valence-corrected chi connectivity index (χ0v) is 15.1. The number of carbonyl (C=O) groups excluding carboxylic acids is 3. The lowest BCUT2D eigenvalue weighted by atomic mass is 10.1. The molecule has 0 fully saturated rings. The van der Waals surface area contributed by atoms with Gasteiger partial charge in [-0.3, -0.25) is 14.4 Å². The number of nitrogens with one attached hydrogen (secondary N) is 1. The lowest BCUT2D eigenvalue weighted by molar-refractivity contribution is -0.143. The van der Waals surface area contributed by atoms with Crippen LogP contribution in [0.25, 0.3) is 0 Å². The molecule has 0 bridgehead atoms. The topological polar surface area (TPSA) is 98.5 Å². The number of primary amides is 1. The molecule has 6 heteroatoms. The Morgan fingerprint density at radius 3 is 2.26 bits per heavy atom. The summed E-state index contributed by atoms with van der Waals surface area (Å²) in [5, 5.41) is 2.71. The van der Waals surface area contributed by atoms with Gasteiger partial charge in [-0.15, -0.1) is 0 Å². The Morgan fingerprint density at radius 2 is 1.59 bits per heavy atom. The van der Waals surface area contributed by atoms with Crippen molar-refractivity contribution in [2.75, 3.05) is 11.9 Å². The molecular formula is C21H24N2O4. The first-order valence-electron chi connectivity index (χ1n) is 8.94. The monoisotopic (exact) mass is 368 g/mol. The van der Waals surface area contributed by atoms with Crippen molar-refractivity contribution in [2.45, 2.75) is 32.1 Å². The maximum Gasteiger partial charge on any atom is 0.305 e. The first-order valence-corrected chi connectivity index (χ1v) is 8.94. The molecule has 0 aromatic heterocycles. The minimum Gasteiger partial charge on any atom is -0.466 e. The van der Waals surface area contributed by atoms with Crippen molar-refractivity contribution in [1.29, 1.82) is 0 Å². The first kappa shape index (κ1) is 20.2. The third-order valence-electron chi connectivity index (χ3n) is 3.95. The number of benzene rings is 2. The number of ether oxygens (including phenoxy) is 1. The molecule has 0 radical (unpaired) electrons. The highest BCUT2D eigenvalue weighted by Crippen LogP contribution is 2.10. The second kappa shape index (κ2) is 10.8. The Balaban J connectivity index is 1.57. The van der Waals surface area contributed by atoms with Gasteiger partial charge in [-0.25, -0.2) is 0 Å². The molecule has 0 spiro atoms. The first-order chi connectivity index (χ1) is 13.0. The van der Waals surface area contributed by atoms with Gasteiger partial charge in [0.05, 0.1) is 6.61 Å². The smallest absolute Gasteiger partial charge is 0.305 e. The molecule has 27 heavy (non-hydrogen) atoms. The average molecular weight is 368 g/mol. The van der Waals surface area contributed by atoms with Crippen molar-refractivity contribution >= 4 is 23.5 Å². The fourth-order valence-electron chi connectivity index (χ4n) is 2.51. The maximum atomic E-state index is 11.9. The molecule has 2 amide bonds. The van der Waals surface area contributed by atoms with Gasteiger partial charge in [0.15, 0.2) is 0 Å². The van der Waals surface area contributed by atoms with Crippen LogP contribution in [-0.2, 0) is 20.7 Å². The second-order valence-corrected chi connectivity index (χ2v) is 6.15. The summed E-state index contributed by atoms with van der Waals surface area (Å²) in [4.78, 5) is 34.6.